The number of sulfonamides is 1. The molecule has 2 amide bonds. The molecule has 0 saturated carbocycles. The summed E-state index contributed by atoms with van der Waals surface area (Å²) in [7, 11) is -2.30. The van der Waals surface area contributed by atoms with Crippen molar-refractivity contribution in [3.63, 3.8) is 0 Å². The average Bonchev–Trinajstić information content (AvgIpc) is 3.18. The molecule has 2 aliphatic heterocycles. The van der Waals surface area contributed by atoms with E-state index in [2.05, 4.69) is 0 Å². The molecule has 188 valence electrons. The van der Waals surface area contributed by atoms with Crippen LogP contribution in [0.1, 0.15) is 54.4 Å². The molecule has 0 atom stereocenters. The minimum atomic E-state index is -3.81. The average molecular weight is 498 g/mol. The van der Waals surface area contributed by atoms with Gasteiger partial charge in [-0.1, -0.05) is 36.6 Å². The van der Waals surface area contributed by atoms with Gasteiger partial charge in [-0.3, -0.25) is 13.9 Å². The van der Waals surface area contributed by atoms with E-state index in [1.165, 1.54) is 36.3 Å². The summed E-state index contributed by atoms with van der Waals surface area (Å²) >= 11 is 0. The standard InChI is InChI=1S/C27H35N3O4S/c1-21-10-12-24(13-11-21)28(2)35(33,34)25-9-7-8-23(20-25)27(32)30-18-14-22(15-19-30)26(31)29-16-5-3-4-6-17-29/h7-13,20,22H,3-6,14-19H2,1-2H3. The summed E-state index contributed by atoms with van der Waals surface area (Å²) in [5.74, 6) is -0.000959. The Morgan fingerprint density at radius 2 is 1.49 bits per heavy atom. The van der Waals surface area contributed by atoms with Gasteiger partial charge in [-0.2, -0.15) is 0 Å². The van der Waals surface area contributed by atoms with E-state index in [1.807, 2.05) is 24.0 Å². The number of carbonyl (C=O) groups is 2. The Hall–Kier alpha value is -2.87. The Morgan fingerprint density at radius 3 is 2.11 bits per heavy atom. The van der Waals surface area contributed by atoms with Gasteiger partial charge in [-0.25, -0.2) is 8.42 Å². The van der Waals surface area contributed by atoms with Crippen molar-refractivity contribution in [1.29, 1.82) is 0 Å². The van der Waals surface area contributed by atoms with Crippen molar-refractivity contribution in [3.8, 4) is 0 Å². The molecule has 8 heteroatoms. The normalized spacial score (nSPS) is 17.7. The minimum Gasteiger partial charge on any atom is -0.342 e. The molecular weight excluding hydrogens is 462 g/mol. The van der Waals surface area contributed by atoms with Crippen LogP contribution < -0.4 is 4.31 Å². The number of benzene rings is 2. The molecule has 2 aromatic rings. The summed E-state index contributed by atoms with van der Waals surface area (Å²) in [5, 5.41) is 0. The minimum absolute atomic E-state index is 0.0352. The van der Waals surface area contributed by atoms with Crippen molar-refractivity contribution in [1.82, 2.24) is 9.80 Å². The molecular formula is C27H35N3O4S. The van der Waals surface area contributed by atoms with Crippen LogP contribution in [0.3, 0.4) is 0 Å². The molecule has 7 nitrogen and oxygen atoms in total. The lowest BCUT2D eigenvalue weighted by Crippen LogP contribution is -2.44. The second kappa shape index (κ2) is 10.8. The van der Waals surface area contributed by atoms with Crippen LogP contribution in [0.25, 0.3) is 0 Å². The number of aryl methyl sites for hydroxylation is 1. The first kappa shape index (κ1) is 25.2. The van der Waals surface area contributed by atoms with Crippen LogP contribution >= 0.6 is 0 Å². The zero-order valence-corrected chi connectivity index (χ0v) is 21.5. The predicted molar refractivity (Wildman–Crippen MR) is 137 cm³/mol. The van der Waals surface area contributed by atoms with Gasteiger partial charge in [-0.15, -0.1) is 0 Å². The van der Waals surface area contributed by atoms with Gasteiger partial charge < -0.3 is 9.80 Å². The fraction of sp³-hybridized carbons (Fsp3) is 0.481. The van der Waals surface area contributed by atoms with Crippen LogP contribution in [0.4, 0.5) is 5.69 Å². The van der Waals surface area contributed by atoms with Crippen molar-refractivity contribution in [3.05, 3.63) is 59.7 Å². The Kier molecular flexibility index (Phi) is 7.79. The molecule has 4 rings (SSSR count). The molecule has 2 aliphatic rings. The summed E-state index contributed by atoms with van der Waals surface area (Å²) in [5.41, 5.74) is 1.95. The van der Waals surface area contributed by atoms with E-state index in [0.29, 0.717) is 37.2 Å². The molecule has 2 heterocycles. The van der Waals surface area contributed by atoms with E-state index >= 15 is 0 Å². The van der Waals surface area contributed by atoms with Crippen LogP contribution in [-0.2, 0) is 14.8 Å². The van der Waals surface area contributed by atoms with Gasteiger partial charge >= 0.3 is 0 Å². The van der Waals surface area contributed by atoms with Crippen LogP contribution in [0, 0.1) is 12.8 Å². The zero-order chi connectivity index (χ0) is 25.0. The summed E-state index contributed by atoms with van der Waals surface area (Å²) < 4.78 is 27.7. The summed E-state index contributed by atoms with van der Waals surface area (Å²) in [6, 6.07) is 13.5. The quantitative estimate of drug-likeness (QED) is 0.624. The number of piperidine rings is 1. The third-order valence-corrected chi connectivity index (χ3v) is 8.97. The number of amides is 2. The highest BCUT2D eigenvalue weighted by Crippen LogP contribution is 2.26. The summed E-state index contributed by atoms with van der Waals surface area (Å²) in [4.78, 5) is 30.0. The second-order valence-corrected chi connectivity index (χ2v) is 11.6. The second-order valence-electron chi connectivity index (χ2n) is 9.64. The maximum Gasteiger partial charge on any atom is 0.264 e. The molecule has 35 heavy (non-hydrogen) atoms. The molecule has 0 unspecified atom stereocenters. The van der Waals surface area contributed by atoms with Crippen molar-refractivity contribution < 1.29 is 18.0 Å². The molecule has 0 bridgehead atoms. The van der Waals surface area contributed by atoms with Gasteiger partial charge in [0.1, 0.15) is 0 Å². The predicted octanol–water partition coefficient (Wildman–Crippen LogP) is 4.07. The Morgan fingerprint density at radius 1 is 0.857 bits per heavy atom. The maximum atomic E-state index is 13.2. The molecule has 0 radical (unpaired) electrons. The van der Waals surface area contributed by atoms with Gasteiger partial charge in [-0.05, 0) is 62.9 Å². The lowest BCUT2D eigenvalue weighted by atomic mass is 9.94. The first-order chi connectivity index (χ1) is 16.8. The Balaban J connectivity index is 1.42. The molecule has 0 N–H and O–H groups in total. The Labute approximate surface area is 208 Å². The molecule has 0 aromatic heterocycles. The van der Waals surface area contributed by atoms with Crippen molar-refractivity contribution in [2.45, 2.75) is 50.3 Å². The van der Waals surface area contributed by atoms with Crippen LogP contribution in [0.5, 0.6) is 0 Å². The third kappa shape index (κ3) is 5.69. The van der Waals surface area contributed by atoms with Crippen molar-refractivity contribution in [2.75, 3.05) is 37.5 Å². The molecule has 2 fully saturated rings. The summed E-state index contributed by atoms with van der Waals surface area (Å²) in [6.45, 7) is 4.64. The lowest BCUT2D eigenvalue weighted by Gasteiger charge is -2.34. The van der Waals surface area contributed by atoms with E-state index in [9.17, 15) is 18.0 Å². The fourth-order valence-corrected chi connectivity index (χ4v) is 6.14. The van der Waals surface area contributed by atoms with Crippen LogP contribution in [0.15, 0.2) is 53.4 Å². The van der Waals surface area contributed by atoms with Crippen molar-refractivity contribution in [2.24, 2.45) is 5.92 Å². The van der Waals surface area contributed by atoms with E-state index in [0.717, 1.165) is 31.5 Å². The van der Waals surface area contributed by atoms with Gasteiger partial charge in [0.2, 0.25) is 5.91 Å². The highest BCUT2D eigenvalue weighted by Gasteiger charge is 2.31. The largest absolute Gasteiger partial charge is 0.342 e. The maximum absolute atomic E-state index is 13.2. The number of hydrogen-bond acceptors (Lipinski definition) is 4. The van der Waals surface area contributed by atoms with E-state index < -0.39 is 10.0 Å². The van der Waals surface area contributed by atoms with Crippen molar-refractivity contribution >= 4 is 27.5 Å². The van der Waals surface area contributed by atoms with Gasteiger partial charge in [0.05, 0.1) is 10.6 Å². The zero-order valence-electron chi connectivity index (χ0n) is 20.7. The van der Waals surface area contributed by atoms with E-state index in [-0.39, 0.29) is 22.6 Å². The number of hydrogen-bond donors (Lipinski definition) is 0. The highest BCUT2D eigenvalue weighted by molar-refractivity contribution is 7.92. The molecule has 2 saturated heterocycles. The monoisotopic (exact) mass is 497 g/mol. The molecule has 0 aliphatic carbocycles. The van der Waals surface area contributed by atoms with E-state index in [1.54, 1.807) is 29.2 Å². The van der Waals surface area contributed by atoms with Crippen LogP contribution in [-0.4, -0.2) is 63.3 Å². The molecule has 2 aromatic carbocycles. The van der Waals surface area contributed by atoms with Crippen LogP contribution in [0.2, 0.25) is 0 Å². The summed E-state index contributed by atoms with van der Waals surface area (Å²) in [6.07, 6.45) is 5.81. The van der Waals surface area contributed by atoms with E-state index in [4.69, 9.17) is 0 Å². The first-order valence-corrected chi connectivity index (χ1v) is 13.9. The Bertz CT molecular complexity index is 1150. The first-order valence-electron chi connectivity index (χ1n) is 12.5. The third-order valence-electron chi connectivity index (χ3n) is 7.19. The lowest BCUT2D eigenvalue weighted by molar-refractivity contribution is -0.136. The topological polar surface area (TPSA) is 78.0 Å². The van der Waals surface area contributed by atoms with Gasteiger partial charge in [0.25, 0.3) is 15.9 Å². The highest BCUT2D eigenvalue weighted by atomic mass is 32.2. The fourth-order valence-electron chi connectivity index (χ4n) is 4.90. The number of likely N-dealkylation sites (tertiary alicyclic amines) is 2. The van der Waals surface area contributed by atoms with Gasteiger partial charge in [0.15, 0.2) is 0 Å². The smallest absolute Gasteiger partial charge is 0.264 e. The number of rotatable bonds is 5. The number of anilines is 1. The molecule has 0 spiro atoms. The van der Waals surface area contributed by atoms with Gasteiger partial charge in [0, 0.05) is 44.7 Å². The number of nitrogens with zero attached hydrogens (tertiary/aromatic N) is 3. The number of carbonyl (C=O) groups excluding carboxylic acids is 2. The SMILES string of the molecule is Cc1ccc(N(C)S(=O)(=O)c2cccc(C(=O)N3CCC(C(=O)N4CCCCCC4)CC3)c2)cc1.